The topological polar surface area (TPSA) is 24.1 Å². The Morgan fingerprint density at radius 2 is 1.67 bits per heavy atom. The monoisotopic (exact) mass is 384 g/mol. The van der Waals surface area contributed by atoms with Gasteiger partial charge < -0.3 is 10.6 Å². The maximum Gasteiger partial charge on any atom is 0.0482 e. The second-order valence-electron chi connectivity index (χ2n) is 8.31. The van der Waals surface area contributed by atoms with E-state index in [1.54, 1.807) is 0 Å². The molecule has 0 spiro atoms. The predicted molar refractivity (Wildman–Crippen MR) is 124 cm³/mol. The zero-order valence-electron chi connectivity index (χ0n) is 17.6. The van der Waals surface area contributed by atoms with Gasteiger partial charge in [0.2, 0.25) is 0 Å². The molecule has 2 nitrogen and oxygen atoms in total. The highest BCUT2D eigenvalue weighted by atomic mass is 32.2. The van der Waals surface area contributed by atoms with Gasteiger partial charge in [0, 0.05) is 32.7 Å². The van der Waals surface area contributed by atoms with Crippen LogP contribution in [0.3, 0.4) is 0 Å². The molecule has 0 saturated heterocycles. The third-order valence-corrected chi connectivity index (χ3v) is 5.52. The number of rotatable bonds is 10. The molecule has 2 aromatic carbocycles. The lowest BCUT2D eigenvalue weighted by molar-refractivity contribution is 0.593. The Morgan fingerprint density at radius 1 is 0.926 bits per heavy atom. The molecule has 2 aromatic rings. The second kappa shape index (κ2) is 10.7. The summed E-state index contributed by atoms with van der Waals surface area (Å²) in [6.07, 6.45) is 6.51. The Labute approximate surface area is 170 Å². The highest BCUT2D eigenvalue weighted by molar-refractivity contribution is 8.00. The molecule has 0 amide bonds. The molecule has 0 aliphatic heterocycles. The third-order valence-electron chi connectivity index (χ3n) is 4.35. The highest BCUT2D eigenvalue weighted by Gasteiger charge is 2.16. The minimum Gasteiger partial charge on any atom is -0.382 e. The fraction of sp³-hybridized carbons (Fsp3) is 0.500. The van der Waals surface area contributed by atoms with Gasteiger partial charge in [-0.1, -0.05) is 71.6 Å². The SMILES string of the molecule is CCCCCCC(C)Nc1ccc(Nc2ccccc2)cc1SC(C)(C)C. The number of para-hydroxylation sites is 1. The van der Waals surface area contributed by atoms with Crippen LogP contribution in [0.2, 0.25) is 0 Å². The maximum absolute atomic E-state index is 3.75. The number of unbranched alkanes of at least 4 members (excludes halogenated alkanes) is 3. The largest absolute Gasteiger partial charge is 0.382 e. The molecule has 0 radical (unpaired) electrons. The Hall–Kier alpha value is -1.61. The van der Waals surface area contributed by atoms with Gasteiger partial charge in [0.1, 0.15) is 0 Å². The molecule has 0 aliphatic carbocycles. The summed E-state index contributed by atoms with van der Waals surface area (Å²) in [6.45, 7) is 11.4. The molecule has 27 heavy (non-hydrogen) atoms. The van der Waals surface area contributed by atoms with Gasteiger partial charge in [0.15, 0.2) is 0 Å². The zero-order valence-corrected chi connectivity index (χ0v) is 18.5. The molecule has 2 N–H and O–H groups in total. The van der Waals surface area contributed by atoms with E-state index in [9.17, 15) is 0 Å². The number of thioether (sulfide) groups is 1. The molecule has 1 unspecified atom stereocenters. The summed E-state index contributed by atoms with van der Waals surface area (Å²) in [5, 5.41) is 7.27. The number of anilines is 3. The van der Waals surface area contributed by atoms with E-state index >= 15 is 0 Å². The summed E-state index contributed by atoms with van der Waals surface area (Å²) in [7, 11) is 0. The van der Waals surface area contributed by atoms with Gasteiger partial charge in [0.25, 0.3) is 0 Å². The fourth-order valence-electron chi connectivity index (χ4n) is 3.04. The summed E-state index contributed by atoms with van der Waals surface area (Å²) in [5.74, 6) is 0. The van der Waals surface area contributed by atoms with E-state index in [-0.39, 0.29) is 4.75 Å². The number of hydrogen-bond donors (Lipinski definition) is 2. The molecule has 0 saturated carbocycles. The van der Waals surface area contributed by atoms with Gasteiger partial charge in [-0.05, 0) is 43.7 Å². The summed E-state index contributed by atoms with van der Waals surface area (Å²) < 4.78 is 0.173. The first kappa shape index (κ1) is 21.7. The lowest BCUT2D eigenvalue weighted by Crippen LogP contribution is -2.16. The van der Waals surface area contributed by atoms with Crippen molar-refractivity contribution in [3.8, 4) is 0 Å². The lowest BCUT2D eigenvalue weighted by atomic mass is 10.1. The van der Waals surface area contributed by atoms with Crippen molar-refractivity contribution in [2.24, 2.45) is 0 Å². The smallest absolute Gasteiger partial charge is 0.0482 e. The molecule has 0 heterocycles. The van der Waals surface area contributed by atoms with Crippen LogP contribution >= 0.6 is 11.8 Å². The Morgan fingerprint density at radius 3 is 2.33 bits per heavy atom. The fourth-order valence-corrected chi connectivity index (χ4v) is 4.12. The maximum atomic E-state index is 3.75. The summed E-state index contributed by atoms with van der Waals surface area (Å²) in [4.78, 5) is 1.31. The molecular weight excluding hydrogens is 348 g/mol. The van der Waals surface area contributed by atoms with Gasteiger partial charge in [-0.2, -0.15) is 0 Å². The van der Waals surface area contributed by atoms with Gasteiger partial charge in [-0.15, -0.1) is 11.8 Å². The first-order valence-corrected chi connectivity index (χ1v) is 11.1. The molecule has 2 rings (SSSR count). The van der Waals surface area contributed by atoms with Gasteiger partial charge in [0.05, 0.1) is 0 Å². The van der Waals surface area contributed by atoms with E-state index in [0.717, 1.165) is 11.4 Å². The Bertz CT molecular complexity index is 677. The summed E-state index contributed by atoms with van der Waals surface area (Å²) in [6, 6.07) is 17.5. The molecule has 1 atom stereocenters. The molecule has 0 aliphatic rings. The average Bonchev–Trinajstić information content (AvgIpc) is 2.61. The van der Waals surface area contributed by atoms with Crippen molar-refractivity contribution in [3.05, 3.63) is 48.5 Å². The molecule has 148 valence electrons. The minimum absolute atomic E-state index is 0.173. The van der Waals surface area contributed by atoms with Crippen molar-refractivity contribution < 1.29 is 0 Å². The average molecular weight is 385 g/mol. The first-order chi connectivity index (χ1) is 12.9. The number of hydrogen-bond acceptors (Lipinski definition) is 3. The van der Waals surface area contributed by atoms with Crippen LogP contribution in [0.5, 0.6) is 0 Å². The lowest BCUT2D eigenvalue weighted by Gasteiger charge is -2.23. The van der Waals surface area contributed by atoms with E-state index in [1.807, 2.05) is 17.8 Å². The zero-order chi connectivity index (χ0) is 19.7. The Kier molecular flexibility index (Phi) is 8.56. The molecule has 0 bridgehead atoms. The van der Waals surface area contributed by atoms with Crippen molar-refractivity contribution in [2.45, 2.75) is 82.4 Å². The van der Waals surface area contributed by atoms with Crippen LogP contribution in [0.4, 0.5) is 17.1 Å². The van der Waals surface area contributed by atoms with Crippen molar-refractivity contribution >= 4 is 28.8 Å². The summed E-state index contributed by atoms with van der Waals surface area (Å²) in [5.41, 5.74) is 3.50. The third kappa shape index (κ3) is 8.30. The van der Waals surface area contributed by atoms with Crippen molar-refractivity contribution in [1.29, 1.82) is 0 Å². The van der Waals surface area contributed by atoms with E-state index in [4.69, 9.17) is 0 Å². The van der Waals surface area contributed by atoms with E-state index in [0.29, 0.717) is 6.04 Å². The minimum atomic E-state index is 0.173. The van der Waals surface area contributed by atoms with E-state index < -0.39 is 0 Å². The molecule has 0 fully saturated rings. The molecular formula is C24H36N2S. The Balaban J connectivity index is 2.10. The van der Waals surface area contributed by atoms with E-state index in [2.05, 4.69) is 87.7 Å². The second-order valence-corrected chi connectivity index (χ2v) is 10.2. The number of nitrogens with one attached hydrogen (secondary N) is 2. The van der Waals surface area contributed by atoms with Crippen LogP contribution in [0, 0.1) is 0 Å². The van der Waals surface area contributed by atoms with Crippen molar-refractivity contribution in [3.63, 3.8) is 0 Å². The van der Waals surface area contributed by atoms with Crippen molar-refractivity contribution in [1.82, 2.24) is 0 Å². The predicted octanol–water partition coefficient (Wildman–Crippen LogP) is 8.09. The quantitative estimate of drug-likeness (QED) is 0.320. The van der Waals surface area contributed by atoms with Crippen LogP contribution in [0.25, 0.3) is 0 Å². The van der Waals surface area contributed by atoms with Crippen LogP contribution in [0.15, 0.2) is 53.4 Å². The number of benzene rings is 2. The highest BCUT2D eigenvalue weighted by Crippen LogP contribution is 2.39. The van der Waals surface area contributed by atoms with E-state index in [1.165, 1.54) is 42.7 Å². The van der Waals surface area contributed by atoms with Crippen LogP contribution in [-0.4, -0.2) is 10.8 Å². The normalized spacial score (nSPS) is 12.6. The van der Waals surface area contributed by atoms with Crippen LogP contribution < -0.4 is 10.6 Å². The van der Waals surface area contributed by atoms with Crippen molar-refractivity contribution in [2.75, 3.05) is 10.6 Å². The van der Waals surface area contributed by atoms with Crippen LogP contribution in [-0.2, 0) is 0 Å². The van der Waals surface area contributed by atoms with Gasteiger partial charge in [-0.25, -0.2) is 0 Å². The van der Waals surface area contributed by atoms with Gasteiger partial charge >= 0.3 is 0 Å². The van der Waals surface area contributed by atoms with Gasteiger partial charge in [-0.3, -0.25) is 0 Å². The molecule has 3 heteroatoms. The first-order valence-electron chi connectivity index (χ1n) is 10.3. The molecule has 0 aromatic heterocycles. The standard InChI is InChI=1S/C24H36N2S/c1-6-7-8-10-13-19(2)25-22-17-16-21(18-23(22)27-24(3,4)5)26-20-14-11-9-12-15-20/h9,11-12,14-19,25-26H,6-8,10,13H2,1-5H3. The summed E-state index contributed by atoms with van der Waals surface area (Å²) >= 11 is 1.92. The van der Waals surface area contributed by atoms with Crippen LogP contribution in [0.1, 0.15) is 66.7 Å².